The van der Waals surface area contributed by atoms with E-state index in [4.69, 9.17) is 19.3 Å². The third-order valence-corrected chi connectivity index (χ3v) is 9.02. The van der Waals surface area contributed by atoms with Crippen molar-refractivity contribution in [3.8, 4) is 5.75 Å². The van der Waals surface area contributed by atoms with Gasteiger partial charge >= 0.3 is 5.97 Å². The summed E-state index contributed by atoms with van der Waals surface area (Å²) in [6.07, 6.45) is 3.49. The van der Waals surface area contributed by atoms with Crippen LogP contribution in [0.2, 0.25) is 0 Å². The van der Waals surface area contributed by atoms with Crippen LogP contribution in [0.3, 0.4) is 0 Å². The van der Waals surface area contributed by atoms with Gasteiger partial charge in [-0.05, 0) is 59.9 Å². The monoisotopic (exact) mass is 668 g/mol. The Hall–Kier alpha value is -4.81. The second kappa shape index (κ2) is 14.8. The molecule has 0 radical (unpaired) electrons. The Bertz CT molecular complexity index is 1720. The molecule has 3 aromatic rings. The molecule has 5 N–H and O–H groups in total. The van der Waals surface area contributed by atoms with Gasteiger partial charge in [-0.25, -0.2) is 4.79 Å². The number of aliphatic hydroxyl groups is 2. The minimum atomic E-state index is -1.28. The first-order chi connectivity index (χ1) is 23.6. The van der Waals surface area contributed by atoms with E-state index in [1.54, 1.807) is 42.5 Å². The quantitative estimate of drug-likeness (QED) is 0.193. The number of aromatic hydroxyl groups is 1. The van der Waals surface area contributed by atoms with Crippen molar-refractivity contribution in [2.75, 3.05) is 13.2 Å². The molecular formula is C38H40N2O9. The highest BCUT2D eigenvalue weighted by atomic mass is 16.8. The molecule has 256 valence electrons. The molecule has 3 aliphatic rings. The predicted molar refractivity (Wildman–Crippen MR) is 179 cm³/mol. The van der Waals surface area contributed by atoms with Gasteiger partial charge in [0.15, 0.2) is 5.79 Å². The number of aliphatic hydroxyl groups excluding tert-OH is 2. The summed E-state index contributed by atoms with van der Waals surface area (Å²) >= 11 is 0. The number of allylic oxidation sites excluding steroid dienone is 1. The van der Waals surface area contributed by atoms with Gasteiger partial charge in [-0.2, -0.15) is 0 Å². The van der Waals surface area contributed by atoms with Crippen molar-refractivity contribution < 1.29 is 43.9 Å². The summed E-state index contributed by atoms with van der Waals surface area (Å²) < 4.78 is 19.1. The number of amides is 2. The maximum absolute atomic E-state index is 13.5. The smallest absolute Gasteiger partial charge is 0.338 e. The zero-order valence-corrected chi connectivity index (χ0v) is 27.1. The van der Waals surface area contributed by atoms with Gasteiger partial charge in [-0.3, -0.25) is 9.59 Å². The molecular weight excluding hydrogens is 628 g/mol. The Morgan fingerprint density at radius 1 is 1.00 bits per heavy atom. The standard InChI is InChI=1S/C38H40N2O9/c1-23(42)33(36(45)39-17-18-41)40-35(44)29-19-31(34-32(20-29)48-38(49-34)21-27-9-2-3-10-28(27)22-38)47-37(46)26-15-13-24(14-16-26)7-6-11-25-8-4-5-12-30(25)43/h2-10,12-16,20,23,31-34,41-43H,11,17-19,21-22H2,1H3,(H,39,45)(H,40,44). The molecule has 1 saturated heterocycles. The molecule has 1 spiro atoms. The van der Waals surface area contributed by atoms with Crippen molar-refractivity contribution in [3.05, 3.63) is 118 Å². The lowest BCUT2D eigenvalue weighted by atomic mass is 9.91. The number of carbonyl (C=O) groups is 3. The van der Waals surface area contributed by atoms with Crippen LogP contribution in [0.4, 0.5) is 0 Å². The van der Waals surface area contributed by atoms with Gasteiger partial charge in [0.25, 0.3) is 0 Å². The zero-order chi connectivity index (χ0) is 34.5. The topological polar surface area (TPSA) is 164 Å². The molecule has 0 aromatic heterocycles. The van der Waals surface area contributed by atoms with Crippen LogP contribution in [0.5, 0.6) is 5.75 Å². The van der Waals surface area contributed by atoms with Crippen LogP contribution in [0.25, 0.3) is 6.08 Å². The molecule has 0 saturated carbocycles. The van der Waals surface area contributed by atoms with Gasteiger partial charge < -0.3 is 40.2 Å². The highest BCUT2D eigenvalue weighted by Crippen LogP contribution is 2.45. The highest BCUT2D eigenvalue weighted by molar-refractivity contribution is 5.97. The molecule has 2 aliphatic carbocycles. The van der Waals surface area contributed by atoms with Gasteiger partial charge in [0, 0.05) is 31.4 Å². The lowest BCUT2D eigenvalue weighted by Gasteiger charge is -2.31. The fourth-order valence-corrected chi connectivity index (χ4v) is 6.53. The number of phenolic OH excluding ortho intramolecular Hbond substituents is 1. The van der Waals surface area contributed by atoms with Crippen molar-refractivity contribution in [3.63, 3.8) is 0 Å². The average Bonchev–Trinajstić information content (AvgIpc) is 3.65. The molecule has 1 aliphatic heterocycles. The summed E-state index contributed by atoms with van der Waals surface area (Å²) in [7, 11) is 0. The maximum atomic E-state index is 13.5. The number of carbonyl (C=O) groups excluding carboxylic acids is 3. The Balaban J connectivity index is 1.18. The molecule has 11 nitrogen and oxygen atoms in total. The molecule has 5 unspecified atom stereocenters. The van der Waals surface area contributed by atoms with Crippen molar-refractivity contribution >= 4 is 23.9 Å². The fraction of sp³-hybridized carbons (Fsp3) is 0.342. The third kappa shape index (κ3) is 7.76. The molecule has 49 heavy (non-hydrogen) atoms. The molecule has 1 heterocycles. The summed E-state index contributed by atoms with van der Waals surface area (Å²) in [6.45, 7) is 1.05. The fourth-order valence-electron chi connectivity index (χ4n) is 6.53. The summed E-state index contributed by atoms with van der Waals surface area (Å²) in [5.41, 5.74) is 4.39. The zero-order valence-electron chi connectivity index (χ0n) is 27.1. The number of esters is 1. The predicted octanol–water partition coefficient (Wildman–Crippen LogP) is 2.76. The number of rotatable bonds is 11. The number of nitrogens with one attached hydrogen (secondary N) is 2. The van der Waals surface area contributed by atoms with Crippen LogP contribution in [0, 0.1) is 0 Å². The van der Waals surface area contributed by atoms with E-state index in [9.17, 15) is 24.6 Å². The van der Waals surface area contributed by atoms with E-state index in [1.165, 1.54) is 6.92 Å². The second-order valence-electron chi connectivity index (χ2n) is 12.6. The van der Waals surface area contributed by atoms with Crippen LogP contribution < -0.4 is 10.6 Å². The number of fused-ring (bicyclic) bond motifs is 2. The van der Waals surface area contributed by atoms with E-state index >= 15 is 0 Å². The van der Waals surface area contributed by atoms with Gasteiger partial charge in [0.1, 0.15) is 30.1 Å². The minimum absolute atomic E-state index is 0.0108. The van der Waals surface area contributed by atoms with Crippen molar-refractivity contribution in [1.29, 1.82) is 0 Å². The van der Waals surface area contributed by atoms with Crippen LogP contribution >= 0.6 is 0 Å². The van der Waals surface area contributed by atoms with E-state index in [-0.39, 0.29) is 30.9 Å². The summed E-state index contributed by atoms with van der Waals surface area (Å²) in [5.74, 6) is -2.61. The minimum Gasteiger partial charge on any atom is -0.508 e. The molecule has 5 atom stereocenters. The van der Waals surface area contributed by atoms with Crippen LogP contribution in [0.1, 0.15) is 46.0 Å². The molecule has 11 heteroatoms. The second-order valence-corrected chi connectivity index (χ2v) is 12.6. The SMILES string of the molecule is CC(O)C(NC(=O)C1=CC2OC3(Cc4ccccc4C3)OC2C(OC(=O)c2ccc(C=CCc3ccccc3O)cc2)C1)C(=O)NCCO. The van der Waals surface area contributed by atoms with Crippen LogP contribution in [-0.4, -0.2) is 82.5 Å². The van der Waals surface area contributed by atoms with E-state index in [2.05, 4.69) is 10.6 Å². The van der Waals surface area contributed by atoms with Gasteiger partial charge in [0.2, 0.25) is 11.8 Å². The number of ether oxygens (including phenoxy) is 3. The van der Waals surface area contributed by atoms with Crippen molar-refractivity contribution in [1.82, 2.24) is 10.6 Å². The highest BCUT2D eigenvalue weighted by Gasteiger charge is 2.55. The molecule has 2 amide bonds. The number of benzene rings is 3. The van der Waals surface area contributed by atoms with Crippen LogP contribution in [-0.2, 0) is 43.1 Å². The first-order valence-corrected chi connectivity index (χ1v) is 16.4. The molecule has 3 aromatic carbocycles. The number of phenols is 1. The Kier molecular flexibility index (Phi) is 10.3. The first kappa shape index (κ1) is 34.1. The number of hydrogen-bond donors (Lipinski definition) is 5. The Morgan fingerprint density at radius 2 is 1.69 bits per heavy atom. The maximum Gasteiger partial charge on any atom is 0.338 e. The van der Waals surface area contributed by atoms with E-state index < -0.39 is 54.0 Å². The van der Waals surface area contributed by atoms with E-state index in [0.29, 0.717) is 24.8 Å². The average molecular weight is 669 g/mol. The number of hydrogen-bond acceptors (Lipinski definition) is 9. The summed E-state index contributed by atoms with van der Waals surface area (Å²) in [5, 5.41) is 34.4. The van der Waals surface area contributed by atoms with E-state index in [1.807, 2.05) is 48.6 Å². The van der Waals surface area contributed by atoms with Crippen LogP contribution in [0.15, 0.2) is 90.5 Å². The summed E-state index contributed by atoms with van der Waals surface area (Å²) in [4.78, 5) is 39.6. The molecule has 1 fully saturated rings. The third-order valence-electron chi connectivity index (χ3n) is 9.02. The summed E-state index contributed by atoms with van der Waals surface area (Å²) in [6, 6.07) is 20.7. The van der Waals surface area contributed by atoms with Crippen molar-refractivity contribution in [2.24, 2.45) is 0 Å². The van der Waals surface area contributed by atoms with Gasteiger partial charge in [0.05, 0.1) is 18.3 Å². The molecule has 6 rings (SSSR count). The number of para-hydroxylation sites is 1. The Morgan fingerprint density at radius 3 is 2.37 bits per heavy atom. The first-order valence-electron chi connectivity index (χ1n) is 16.4. The lowest BCUT2D eigenvalue weighted by Crippen LogP contribution is -2.54. The normalized spacial score (nSPS) is 21.8. The van der Waals surface area contributed by atoms with Gasteiger partial charge in [-0.15, -0.1) is 0 Å². The Labute approximate surface area is 284 Å². The van der Waals surface area contributed by atoms with E-state index in [0.717, 1.165) is 22.3 Å². The largest absolute Gasteiger partial charge is 0.508 e. The van der Waals surface area contributed by atoms with Gasteiger partial charge in [-0.1, -0.05) is 66.7 Å². The lowest BCUT2D eigenvalue weighted by molar-refractivity contribution is -0.172. The molecule has 0 bridgehead atoms. The van der Waals surface area contributed by atoms with Crippen molar-refractivity contribution in [2.45, 2.75) is 68.9 Å².